The van der Waals surface area contributed by atoms with Crippen LogP contribution in [0.5, 0.6) is 0 Å². The highest BCUT2D eigenvalue weighted by atomic mass is 32.2. The molecule has 0 fully saturated rings. The normalized spacial score (nSPS) is 12.9. The maximum Gasteiger partial charge on any atom is 0.336 e. The summed E-state index contributed by atoms with van der Waals surface area (Å²) in [7, 11) is -3.75. The molecule has 148 valence electrons. The maximum absolute atomic E-state index is 12.8. The van der Waals surface area contributed by atoms with E-state index in [1.165, 1.54) is 24.3 Å². The first kappa shape index (κ1) is 19.1. The Morgan fingerprint density at radius 3 is 2.52 bits per heavy atom. The Morgan fingerprint density at radius 2 is 1.83 bits per heavy atom. The Kier molecular flexibility index (Phi) is 4.81. The molecule has 0 spiro atoms. The van der Waals surface area contributed by atoms with Crippen LogP contribution in [0.4, 0.5) is 0 Å². The van der Waals surface area contributed by atoms with E-state index >= 15 is 0 Å². The zero-order chi connectivity index (χ0) is 20.6. The van der Waals surface area contributed by atoms with Gasteiger partial charge in [-0.3, -0.25) is 0 Å². The van der Waals surface area contributed by atoms with E-state index in [2.05, 4.69) is 9.71 Å². The molecule has 0 unspecified atom stereocenters. The van der Waals surface area contributed by atoms with Crippen molar-refractivity contribution in [2.45, 2.75) is 24.8 Å². The zero-order valence-electron chi connectivity index (χ0n) is 15.9. The van der Waals surface area contributed by atoms with E-state index in [0.717, 1.165) is 17.1 Å². The molecule has 0 saturated heterocycles. The van der Waals surface area contributed by atoms with Crippen LogP contribution in [0.25, 0.3) is 16.7 Å². The highest BCUT2D eigenvalue weighted by Crippen LogP contribution is 2.22. The molecule has 8 heteroatoms. The van der Waals surface area contributed by atoms with Crippen LogP contribution in [0.15, 0.2) is 81.1 Å². The SMILES string of the molecule is Cc1nccn1-c1ccc([C@@H](C)NS(=O)(=O)c2ccc3oc(=O)ccc3c2)cc1. The van der Waals surface area contributed by atoms with Crippen molar-refractivity contribution in [3.8, 4) is 5.69 Å². The fraction of sp³-hybridized carbons (Fsp3) is 0.143. The van der Waals surface area contributed by atoms with Gasteiger partial charge < -0.3 is 8.98 Å². The van der Waals surface area contributed by atoms with Gasteiger partial charge in [-0.1, -0.05) is 12.1 Å². The first-order valence-electron chi connectivity index (χ1n) is 9.00. The van der Waals surface area contributed by atoms with Gasteiger partial charge >= 0.3 is 5.63 Å². The summed E-state index contributed by atoms with van der Waals surface area (Å²) in [6, 6.07) is 14.4. The van der Waals surface area contributed by atoms with Crippen molar-refractivity contribution in [2.75, 3.05) is 0 Å². The van der Waals surface area contributed by atoms with Crippen LogP contribution in [-0.2, 0) is 10.0 Å². The summed E-state index contributed by atoms with van der Waals surface area (Å²) < 4.78 is 35.3. The zero-order valence-corrected chi connectivity index (χ0v) is 16.7. The molecule has 0 saturated carbocycles. The molecule has 1 atom stereocenters. The fourth-order valence-corrected chi connectivity index (χ4v) is 4.43. The number of nitrogens with one attached hydrogen (secondary N) is 1. The van der Waals surface area contributed by atoms with Gasteiger partial charge in [-0.2, -0.15) is 0 Å². The van der Waals surface area contributed by atoms with Crippen molar-refractivity contribution < 1.29 is 12.8 Å². The third-order valence-corrected chi connectivity index (χ3v) is 6.27. The largest absolute Gasteiger partial charge is 0.423 e. The van der Waals surface area contributed by atoms with Crippen LogP contribution in [0.1, 0.15) is 24.4 Å². The lowest BCUT2D eigenvalue weighted by Crippen LogP contribution is -2.26. The topological polar surface area (TPSA) is 94.2 Å². The van der Waals surface area contributed by atoms with E-state index in [9.17, 15) is 13.2 Å². The average molecular weight is 409 g/mol. The van der Waals surface area contributed by atoms with Gasteiger partial charge in [0.05, 0.1) is 4.90 Å². The molecule has 4 aromatic rings. The van der Waals surface area contributed by atoms with Gasteiger partial charge in [0, 0.05) is 35.6 Å². The summed E-state index contributed by atoms with van der Waals surface area (Å²) in [5.74, 6) is 0.874. The summed E-state index contributed by atoms with van der Waals surface area (Å²) in [4.78, 5) is 15.6. The number of aryl methyl sites for hydroxylation is 1. The van der Waals surface area contributed by atoms with Gasteiger partial charge in [0.25, 0.3) is 0 Å². The molecule has 0 radical (unpaired) electrons. The maximum atomic E-state index is 12.8. The van der Waals surface area contributed by atoms with Crippen molar-refractivity contribution in [1.29, 1.82) is 0 Å². The van der Waals surface area contributed by atoms with E-state index in [0.29, 0.717) is 11.0 Å². The molecule has 0 amide bonds. The molecule has 2 aromatic carbocycles. The summed E-state index contributed by atoms with van der Waals surface area (Å²) in [5.41, 5.74) is 1.65. The molecule has 0 aliphatic heterocycles. The minimum absolute atomic E-state index is 0.108. The molecule has 0 aliphatic carbocycles. The van der Waals surface area contributed by atoms with E-state index in [1.807, 2.05) is 42.0 Å². The monoisotopic (exact) mass is 409 g/mol. The number of fused-ring (bicyclic) bond motifs is 1. The molecule has 4 rings (SSSR count). The van der Waals surface area contributed by atoms with E-state index < -0.39 is 21.7 Å². The minimum atomic E-state index is -3.75. The average Bonchev–Trinajstić information content (AvgIpc) is 3.13. The van der Waals surface area contributed by atoms with Crippen molar-refractivity contribution >= 4 is 21.0 Å². The lowest BCUT2D eigenvalue weighted by atomic mass is 10.1. The van der Waals surface area contributed by atoms with Crippen molar-refractivity contribution in [2.24, 2.45) is 0 Å². The van der Waals surface area contributed by atoms with Crippen molar-refractivity contribution in [3.63, 3.8) is 0 Å². The van der Waals surface area contributed by atoms with Gasteiger partial charge in [0.15, 0.2) is 0 Å². The predicted molar refractivity (Wildman–Crippen MR) is 110 cm³/mol. The first-order chi connectivity index (χ1) is 13.8. The van der Waals surface area contributed by atoms with Gasteiger partial charge in [-0.05, 0) is 55.8 Å². The number of aromatic nitrogens is 2. The summed E-state index contributed by atoms with van der Waals surface area (Å²) in [5, 5.41) is 0.542. The third kappa shape index (κ3) is 3.85. The second-order valence-corrected chi connectivity index (χ2v) is 8.45. The number of hydrogen-bond acceptors (Lipinski definition) is 5. The molecular formula is C21H19N3O4S. The predicted octanol–water partition coefficient (Wildman–Crippen LogP) is 3.33. The smallest absolute Gasteiger partial charge is 0.336 e. The number of nitrogens with zero attached hydrogens (tertiary/aromatic N) is 2. The number of rotatable bonds is 5. The third-order valence-electron chi connectivity index (χ3n) is 4.73. The summed E-state index contributed by atoms with van der Waals surface area (Å²) in [6.45, 7) is 3.70. The molecule has 0 bridgehead atoms. The minimum Gasteiger partial charge on any atom is -0.423 e. The summed E-state index contributed by atoms with van der Waals surface area (Å²) in [6.07, 6.45) is 3.60. The molecule has 7 nitrogen and oxygen atoms in total. The Balaban J connectivity index is 1.57. The van der Waals surface area contributed by atoms with Crippen LogP contribution in [0.3, 0.4) is 0 Å². The molecule has 0 aliphatic rings. The quantitative estimate of drug-likeness (QED) is 0.510. The number of sulfonamides is 1. The van der Waals surface area contributed by atoms with E-state index in [4.69, 9.17) is 4.42 Å². The number of imidazole rings is 1. The molecule has 2 heterocycles. The standard InChI is InChI=1S/C21H19N3O4S/c1-14(16-3-6-18(7-4-16)24-12-11-22-15(24)2)23-29(26,27)19-8-9-20-17(13-19)5-10-21(25)28-20/h3-14,23H,1-2H3/t14-/m1/s1. The Bertz CT molecular complexity index is 1340. The Morgan fingerprint density at radius 1 is 1.07 bits per heavy atom. The fourth-order valence-electron chi connectivity index (χ4n) is 3.16. The lowest BCUT2D eigenvalue weighted by Gasteiger charge is -2.16. The van der Waals surface area contributed by atoms with Gasteiger partial charge in [0.2, 0.25) is 10.0 Å². The van der Waals surface area contributed by atoms with E-state index in [-0.39, 0.29) is 4.90 Å². The highest BCUT2D eigenvalue weighted by Gasteiger charge is 2.19. The molecule has 1 N–H and O–H groups in total. The second kappa shape index (κ2) is 7.31. The van der Waals surface area contributed by atoms with Gasteiger partial charge in [-0.25, -0.2) is 22.9 Å². The van der Waals surface area contributed by atoms with Crippen molar-refractivity contribution in [3.05, 3.63) is 88.8 Å². The number of hydrogen-bond donors (Lipinski definition) is 1. The van der Waals surface area contributed by atoms with Crippen LogP contribution in [-0.4, -0.2) is 18.0 Å². The molecule has 2 aromatic heterocycles. The molecule has 29 heavy (non-hydrogen) atoms. The number of benzene rings is 2. The second-order valence-electron chi connectivity index (χ2n) is 6.73. The van der Waals surface area contributed by atoms with Crippen LogP contribution >= 0.6 is 0 Å². The van der Waals surface area contributed by atoms with E-state index in [1.54, 1.807) is 19.2 Å². The Hall–Kier alpha value is -3.23. The lowest BCUT2D eigenvalue weighted by molar-refractivity contribution is 0.559. The van der Waals surface area contributed by atoms with Gasteiger partial charge in [-0.15, -0.1) is 0 Å². The van der Waals surface area contributed by atoms with Crippen LogP contribution < -0.4 is 10.3 Å². The van der Waals surface area contributed by atoms with Gasteiger partial charge in [0.1, 0.15) is 11.4 Å². The Labute approximate surface area is 167 Å². The highest BCUT2D eigenvalue weighted by molar-refractivity contribution is 7.89. The van der Waals surface area contributed by atoms with Crippen LogP contribution in [0.2, 0.25) is 0 Å². The summed E-state index contributed by atoms with van der Waals surface area (Å²) >= 11 is 0. The first-order valence-corrected chi connectivity index (χ1v) is 10.5. The van der Waals surface area contributed by atoms with Crippen molar-refractivity contribution in [1.82, 2.24) is 14.3 Å². The van der Waals surface area contributed by atoms with Crippen LogP contribution in [0, 0.1) is 6.92 Å². The molecular weight excluding hydrogens is 390 g/mol.